The van der Waals surface area contributed by atoms with Gasteiger partial charge in [-0.05, 0) is 74.1 Å². The van der Waals surface area contributed by atoms with Gasteiger partial charge in [0, 0.05) is 13.1 Å². The Bertz CT molecular complexity index is 938. The van der Waals surface area contributed by atoms with Crippen molar-refractivity contribution >= 4 is 0 Å². The lowest BCUT2D eigenvalue weighted by Crippen LogP contribution is -2.30. The maximum absolute atomic E-state index is 6.21. The van der Waals surface area contributed by atoms with Gasteiger partial charge in [-0.1, -0.05) is 205 Å². The SMILES string of the molecule is CCCCCCCCN(CCCCCCCC)CCOCc1ccc(-c2ccc(COCCN(CCCCCCCC)CCCCCCCC)cc2)cc1. The first-order valence-electron chi connectivity index (χ1n) is 23.5. The highest BCUT2D eigenvalue weighted by Gasteiger charge is 2.08. The Labute approximate surface area is 336 Å². The summed E-state index contributed by atoms with van der Waals surface area (Å²) in [6, 6.07) is 17.9. The van der Waals surface area contributed by atoms with Crippen LogP contribution in [-0.4, -0.2) is 62.3 Å². The summed E-state index contributed by atoms with van der Waals surface area (Å²) in [5, 5.41) is 0. The average molecular weight is 749 g/mol. The molecule has 2 aromatic carbocycles. The van der Waals surface area contributed by atoms with Crippen molar-refractivity contribution in [3.63, 3.8) is 0 Å². The maximum Gasteiger partial charge on any atom is 0.0717 e. The summed E-state index contributed by atoms with van der Waals surface area (Å²) >= 11 is 0. The van der Waals surface area contributed by atoms with Gasteiger partial charge in [0.15, 0.2) is 0 Å². The molecule has 4 nitrogen and oxygen atoms in total. The van der Waals surface area contributed by atoms with E-state index in [-0.39, 0.29) is 0 Å². The predicted octanol–water partition coefficient (Wildman–Crippen LogP) is 14.4. The van der Waals surface area contributed by atoms with E-state index in [9.17, 15) is 0 Å². The first-order valence-corrected chi connectivity index (χ1v) is 23.5. The molecule has 0 bridgehead atoms. The fourth-order valence-corrected chi connectivity index (χ4v) is 7.49. The monoisotopic (exact) mass is 749 g/mol. The molecular weight excluding hydrogens is 661 g/mol. The lowest BCUT2D eigenvalue weighted by Gasteiger charge is -2.22. The summed E-state index contributed by atoms with van der Waals surface area (Å²) in [4.78, 5) is 5.33. The van der Waals surface area contributed by atoms with Gasteiger partial charge in [-0.25, -0.2) is 0 Å². The molecule has 0 saturated heterocycles. The highest BCUT2D eigenvalue weighted by atomic mass is 16.5. The van der Waals surface area contributed by atoms with Crippen molar-refractivity contribution in [2.45, 2.75) is 195 Å². The van der Waals surface area contributed by atoms with E-state index >= 15 is 0 Å². The van der Waals surface area contributed by atoms with E-state index in [0.29, 0.717) is 13.2 Å². The Morgan fingerprint density at radius 3 is 0.852 bits per heavy atom. The van der Waals surface area contributed by atoms with Crippen LogP contribution >= 0.6 is 0 Å². The third-order valence-corrected chi connectivity index (χ3v) is 11.2. The molecule has 0 unspecified atom stereocenters. The van der Waals surface area contributed by atoms with E-state index < -0.39 is 0 Å². The minimum Gasteiger partial charge on any atom is -0.375 e. The largest absolute Gasteiger partial charge is 0.375 e. The molecular formula is C50H88N2O2. The zero-order chi connectivity index (χ0) is 38.6. The molecule has 2 aromatic rings. The van der Waals surface area contributed by atoms with Gasteiger partial charge < -0.3 is 19.3 Å². The van der Waals surface area contributed by atoms with Crippen molar-refractivity contribution in [2.24, 2.45) is 0 Å². The molecule has 0 saturated carbocycles. The van der Waals surface area contributed by atoms with Crippen LogP contribution < -0.4 is 0 Å². The number of hydrogen-bond donors (Lipinski definition) is 0. The van der Waals surface area contributed by atoms with Gasteiger partial charge in [0.2, 0.25) is 0 Å². The van der Waals surface area contributed by atoms with Gasteiger partial charge in [0.1, 0.15) is 0 Å². The third-order valence-electron chi connectivity index (χ3n) is 11.2. The van der Waals surface area contributed by atoms with E-state index in [2.05, 4.69) is 86.0 Å². The molecule has 0 radical (unpaired) electrons. The van der Waals surface area contributed by atoms with Gasteiger partial charge in [-0.2, -0.15) is 0 Å². The van der Waals surface area contributed by atoms with Crippen LogP contribution in [0.15, 0.2) is 48.5 Å². The van der Waals surface area contributed by atoms with E-state index in [4.69, 9.17) is 9.47 Å². The molecule has 0 aliphatic carbocycles. The molecule has 0 aliphatic heterocycles. The van der Waals surface area contributed by atoms with Crippen molar-refractivity contribution in [1.29, 1.82) is 0 Å². The fraction of sp³-hybridized carbons (Fsp3) is 0.760. The second-order valence-corrected chi connectivity index (χ2v) is 16.3. The zero-order valence-electron chi connectivity index (χ0n) is 36.4. The Morgan fingerprint density at radius 1 is 0.315 bits per heavy atom. The van der Waals surface area contributed by atoms with Crippen LogP contribution in [0, 0.1) is 0 Å². The molecule has 0 fully saturated rings. The highest BCUT2D eigenvalue weighted by Crippen LogP contribution is 2.21. The van der Waals surface area contributed by atoms with Gasteiger partial charge in [-0.3, -0.25) is 0 Å². The molecule has 0 N–H and O–H groups in total. The average Bonchev–Trinajstić information content (AvgIpc) is 3.20. The molecule has 0 atom stereocenters. The predicted molar refractivity (Wildman–Crippen MR) is 238 cm³/mol. The summed E-state index contributed by atoms with van der Waals surface area (Å²) in [5.41, 5.74) is 5.03. The second-order valence-electron chi connectivity index (χ2n) is 16.3. The molecule has 310 valence electrons. The zero-order valence-corrected chi connectivity index (χ0v) is 36.4. The Balaban J connectivity index is 1.71. The first-order chi connectivity index (χ1) is 26.7. The molecule has 0 heterocycles. The van der Waals surface area contributed by atoms with Gasteiger partial charge in [-0.15, -0.1) is 0 Å². The number of rotatable bonds is 39. The van der Waals surface area contributed by atoms with Crippen molar-refractivity contribution in [2.75, 3.05) is 52.5 Å². The number of nitrogens with zero attached hydrogens (tertiary/aromatic N) is 2. The van der Waals surface area contributed by atoms with E-state index in [1.54, 1.807) is 0 Å². The molecule has 0 amide bonds. The highest BCUT2D eigenvalue weighted by molar-refractivity contribution is 5.63. The fourth-order valence-electron chi connectivity index (χ4n) is 7.49. The molecule has 0 aliphatic rings. The number of hydrogen-bond acceptors (Lipinski definition) is 4. The van der Waals surface area contributed by atoms with Crippen LogP contribution in [0.3, 0.4) is 0 Å². The first kappa shape index (κ1) is 48.4. The van der Waals surface area contributed by atoms with Crippen molar-refractivity contribution < 1.29 is 9.47 Å². The van der Waals surface area contributed by atoms with Crippen LogP contribution in [0.25, 0.3) is 11.1 Å². The summed E-state index contributed by atoms with van der Waals surface area (Å²) in [6.45, 7) is 19.2. The van der Waals surface area contributed by atoms with Crippen LogP contribution in [0.4, 0.5) is 0 Å². The van der Waals surface area contributed by atoms with Gasteiger partial charge >= 0.3 is 0 Å². The van der Waals surface area contributed by atoms with Crippen molar-refractivity contribution in [3.8, 4) is 11.1 Å². The standard InChI is InChI=1S/C50H88N2O2/c1-5-9-13-17-21-25-37-51(38-26-22-18-14-10-6-2)41-43-53-45-47-29-33-49(34-30-47)50-35-31-48(32-36-50)46-54-44-42-52(39-27-23-19-15-11-7-3)40-28-24-20-16-12-8-4/h29-36H,5-28,37-46H2,1-4H3. The molecule has 0 spiro atoms. The molecule has 4 heteroatoms. The Hall–Kier alpha value is -1.72. The smallest absolute Gasteiger partial charge is 0.0717 e. The minimum absolute atomic E-state index is 0.688. The number of ether oxygens (including phenoxy) is 2. The van der Waals surface area contributed by atoms with Crippen LogP contribution in [-0.2, 0) is 22.7 Å². The van der Waals surface area contributed by atoms with Crippen LogP contribution in [0.2, 0.25) is 0 Å². The number of benzene rings is 2. The van der Waals surface area contributed by atoms with E-state index in [1.807, 2.05) is 0 Å². The summed E-state index contributed by atoms with van der Waals surface area (Å²) < 4.78 is 12.4. The quantitative estimate of drug-likeness (QED) is 0.0636. The topological polar surface area (TPSA) is 24.9 Å². The van der Waals surface area contributed by atoms with Crippen LogP contribution in [0.1, 0.15) is 193 Å². The Morgan fingerprint density at radius 2 is 0.574 bits per heavy atom. The van der Waals surface area contributed by atoms with E-state index in [0.717, 1.165) is 26.3 Å². The molecule has 54 heavy (non-hydrogen) atoms. The Kier molecular flexibility index (Phi) is 32.0. The van der Waals surface area contributed by atoms with Gasteiger partial charge in [0.25, 0.3) is 0 Å². The maximum atomic E-state index is 6.21. The second kappa shape index (κ2) is 35.7. The lowest BCUT2D eigenvalue weighted by molar-refractivity contribution is 0.0911. The lowest BCUT2D eigenvalue weighted by atomic mass is 10.0. The molecule has 2 rings (SSSR count). The normalized spacial score (nSPS) is 11.7. The number of unbranched alkanes of at least 4 members (excludes halogenated alkanes) is 20. The summed E-state index contributed by atoms with van der Waals surface area (Å²) in [6.07, 6.45) is 32.8. The van der Waals surface area contributed by atoms with Crippen molar-refractivity contribution in [1.82, 2.24) is 9.80 Å². The molecule has 0 aromatic heterocycles. The third kappa shape index (κ3) is 26.2. The summed E-state index contributed by atoms with van der Waals surface area (Å²) in [7, 11) is 0. The van der Waals surface area contributed by atoms with Crippen LogP contribution in [0.5, 0.6) is 0 Å². The summed E-state index contributed by atoms with van der Waals surface area (Å²) in [5.74, 6) is 0. The van der Waals surface area contributed by atoms with E-state index in [1.165, 1.54) is 203 Å². The van der Waals surface area contributed by atoms with Gasteiger partial charge in [0.05, 0.1) is 26.4 Å². The van der Waals surface area contributed by atoms with Crippen molar-refractivity contribution in [3.05, 3.63) is 59.7 Å². The minimum atomic E-state index is 0.688.